The normalized spacial score (nSPS) is 20.0. The van der Waals surface area contributed by atoms with E-state index >= 15 is 0 Å². The van der Waals surface area contributed by atoms with Crippen molar-refractivity contribution in [3.63, 3.8) is 0 Å². The Morgan fingerprint density at radius 3 is 2.53 bits per heavy atom. The number of hydrogen-bond acceptors (Lipinski definition) is 3. The molecular weight excluding hydrogens is 234 g/mol. The lowest BCUT2D eigenvalue weighted by atomic mass is 9.97. The van der Waals surface area contributed by atoms with Gasteiger partial charge in [0.1, 0.15) is 5.82 Å². The summed E-state index contributed by atoms with van der Waals surface area (Å²) in [6, 6.07) is 4.29. The highest BCUT2D eigenvalue weighted by Gasteiger charge is 2.34. The lowest BCUT2D eigenvalue weighted by molar-refractivity contribution is 0.0905. The van der Waals surface area contributed by atoms with E-state index in [0.29, 0.717) is 0 Å². The van der Waals surface area contributed by atoms with Crippen molar-refractivity contribution < 1.29 is 0 Å². The van der Waals surface area contributed by atoms with E-state index in [2.05, 4.69) is 61.5 Å². The molecule has 0 saturated carbocycles. The number of anilines is 1. The van der Waals surface area contributed by atoms with Crippen LogP contribution in [0.5, 0.6) is 0 Å². The van der Waals surface area contributed by atoms with Gasteiger partial charge in [-0.25, -0.2) is 4.98 Å². The van der Waals surface area contributed by atoms with Crippen molar-refractivity contribution in [2.45, 2.75) is 40.2 Å². The summed E-state index contributed by atoms with van der Waals surface area (Å²) >= 11 is 0. The highest BCUT2D eigenvalue weighted by Crippen LogP contribution is 2.25. The molecule has 1 fully saturated rings. The smallest absolute Gasteiger partial charge is 0.128 e. The molecule has 0 radical (unpaired) electrons. The fraction of sp³-hybridized carbons (Fsp3) is 0.688. The van der Waals surface area contributed by atoms with Gasteiger partial charge in [-0.3, -0.25) is 4.90 Å². The van der Waals surface area contributed by atoms with Gasteiger partial charge in [0.05, 0.1) is 0 Å². The third-order valence-corrected chi connectivity index (χ3v) is 3.88. The second-order valence-electron chi connectivity index (χ2n) is 6.77. The van der Waals surface area contributed by atoms with Crippen LogP contribution in [0, 0.1) is 12.8 Å². The molecule has 1 aliphatic rings. The topological polar surface area (TPSA) is 19.4 Å². The highest BCUT2D eigenvalue weighted by molar-refractivity contribution is 5.40. The van der Waals surface area contributed by atoms with E-state index in [4.69, 9.17) is 0 Å². The van der Waals surface area contributed by atoms with Crippen LogP contribution in [-0.2, 0) is 0 Å². The fourth-order valence-electron chi connectivity index (χ4n) is 2.81. The second-order valence-corrected chi connectivity index (χ2v) is 6.77. The molecule has 106 valence electrons. The van der Waals surface area contributed by atoms with Crippen LogP contribution in [0.25, 0.3) is 0 Å². The Balaban J connectivity index is 2.07. The van der Waals surface area contributed by atoms with E-state index in [-0.39, 0.29) is 5.54 Å². The first kappa shape index (κ1) is 14.3. The van der Waals surface area contributed by atoms with Crippen LogP contribution in [0.2, 0.25) is 0 Å². The molecule has 0 spiro atoms. The average Bonchev–Trinajstić information content (AvgIpc) is 2.32. The molecule has 19 heavy (non-hydrogen) atoms. The fourth-order valence-corrected chi connectivity index (χ4v) is 2.81. The number of rotatable bonds is 3. The van der Waals surface area contributed by atoms with Crippen LogP contribution in [0.3, 0.4) is 0 Å². The van der Waals surface area contributed by atoms with Gasteiger partial charge in [0, 0.05) is 37.9 Å². The molecule has 1 aromatic rings. The molecular formula is C16H27N3. The Labute approximate surface area is 117 Å². The van der Waals surface area contributed by atoms with Gasteiger partial charge < -0.3 is 4.90 Å². The predicted octanol–water partition coefficient (Wildman–Crippen LogP) is 2.95. The minimum atomic E-state index is 0.217. The summed E-state index contributed by atoms with van der Waals surface area (Å²) in [7, 11) is 0. The molecule has 2 heterocycles. The average molecular weight is 261 g/mol. The molecule has 3 heteroatoms. The van der Waals surface area contributed by atoms with E-state index in [1.54, 1.807) is 0 Å². The first-order chi connectivity index (χ1) is 8.88. The van der Waals surface area contributed by atoms with Crippen LogP contribution in [0.15, 0.2) is 18.3 Å². The van der Waals surface area contributed by atoms with Crippen LogP contribution in [0.4, 0.5) is 5.82 Å². The van der Waals surface area contributed by atoms with Gasteiger partial charge in [0.15, 0.2) is 0 Å². The Bertz CT molecular complexity index is 409. The van der Waals surface area contributed by atoms with Crippen molar-refractivity contribution in [3.05, 3.63) is 23.9 Å². The molecule has 0 aromatic carbocycles. The van der Waals surface area contributed by atoms with Crippen molar-refractivity contribution >= 4 is 5.82 Å². The number of hydrogen-bond donors (Lipinski definition) is 0. The van der Waals surface area contributed by atoms with Gasteiger partial charge in [-0.15, -0.1) is 0 Å². The molecule has 3 nitrogen and oxygen atoms in total. The van der Waals surface area contributed by atoms with E-state index in [9.17, 15) is 0 Å². The van der Waals surface area contributed by atoms with E-state index in [1.807, 2.05) is 6.20 Å². The maximum Gasteiger partial charge on any atom is 0.128 e. The minimum absolute atomic E-state index is 0.217. The van der Waals surface area contributed by atoms with Crippen molar-refractivity contribution in [3.8, 4) is 0 Å². The summed E-state index contributed by atoms with van der Waals surface area (Å²) in [5.74, 6) is 1.84. The molecule has 1 aromatic heterocycles. The van der Waals surface area contributed by atoms with Crippen molar-refractivity contribution in [1.29, 1.82) is 0 Å². The quantitative estimate of drug-likeness (QED) is 0.834. The van der Waals surface area contributed by atoms with E-state index < -0.39 is 0 Å². The molecule has 0 N–H and O–H groups in total. The number of piperazine rings is 1. The summed E-state index contributed by atoms with van der Waals surface area (Å²) in [5.41, 5.74) is 1.44. The van der Waals surface area contributed by atoms with Gasteiger partial charge in [-0.1, -0.05) is 19.9 Å². The van der Waals surface area contributed by atoms with Gasteiger partial charge in [0.2, 0.25) is 0 Å². The third kappa shape index (κ3) is 3.47. The SMILES string of the molecule is Cc1ccc(N2CCN(CC(C)C)C(C)(C)C2)nc1. The van der Waals surface area contributed by atoms with E-state index in [0.717, 1.165) is 31.4 Å². The van der Waals surface area contributed by atoms with Crippen LogP contribution in [-0.4, -0.2) is 41.6 Å². The van der Waals surface area contributed by atoms with Crippen molar-refractivity contribution in [1.82, 2.24) is 9.88 Å². The number of aromatic nitrogens is 1. The van der Waals surface area contributed by atoms with Gasteiger partial charge in [-0.2, -0.15) is 0 Å². The largest absolute Gasteiger partial charge is 0.354 e. The maximum atomic E-state index is 4.56. The van der Waals surface area contributed by atoms with Crippen LogP contribution < -0.4 is 4.90 Å². The van der Waals surface area contributed by atoms with Crippen molar-refractivity contribution in [2.75, 3.05) is 31.1 Å². The van der Waals surface area contributed by atoms with Gasteiger partial charge >= 0.3 is 0 Å². The Morgan fingerprint density at radius 1 is 1.26 bits per heavy atom. The van der Waals surface area contributed by atoms with Crippen LogP contribution >= 0.6 is 0 Å². The standard InChI is InChI=1S/C16H27N3/c1-13(2)11-19-9-8-18(12-16(19,4)5)15-7-6-14(3)10-17-15/h6-7,10,13H,8-9,11-12H2,1-5H3. The minimum Gasteiger partial charge on any atom is -0.354 e. The summed E-state index contributed by atoms with van der Waals surface area (Å²) < 4.78 is 0. The van der Waals surface area contributed by atoms with Gasteiger partial charge in [-0.05, 0) is 38.3 Å². The van der Waals surface area contributed by atoms with Gasteiger partial charge in [0.25, 0.3) is 0 Å². The Morgan fingerprint density at radius 2 is 2.00 bits per heavy atom. The second kappa shape index (κ2) is 5.49. The molecule has 0 aliphatic carbocycles. The molecule has 0 amide bonds. The molecule has 0 atom stereocenters. The zero-order valence-corrected chi connectivity index (χ0v) is 13.0. The first-order valence-electron chi connectivity index (χ1n) is 7.31. The lowest BCUT2D eigenvalue weighted by Gasteiger charge is -2.48. The molecule has 2 rings (SSSR count). The lowest BCUT2D eigenvalue weighted by Crippen LogP contribution is -2.60. The number of pyridine rings is 1. The molecule has 0 unspecified atom stereocenters. The Kier molecular flexibility index (Phi) is 4.14. The highest BCUT2D eigenvalue weighted by atomic mass is 15.3. The summed E-state index contributed by atoms with van der Waals surface area (Å²) in [6.07, 6.45) is 1.96. The van der Waals surface area contributed by atoms with Crippen LogP contribution in [0.1, 0.15) is 33.3 Å². The zero-order valence-electron chi connectivity index (χ0n) is 13.0. The summed E-state index contributed by atoms with van der Waals surface area (Å²) in [5, 5.41) is 0. The number of nitrogens with zero attached hydrogens (tertiary/aromatic N) is 3. The molecule has 1 aliphatic heterocycles. The molecule has 1 saturated heterocycles. The molecule has 0 bridgehead atoms. The monoisotopic (exact) mass is 261 g/mol. The first-order valence-corrected chi connectivity index (χ1v) is 7.31. The van der Waals surface area contributed by atoms with E-state index in [1.165, 1.54) is 12.1 Å². The summed E-state index contributed by atoms with van der Waals surface area (Å²) in [4.78, 5) is 9.59. The maximum absolute atomic E-state index is 4.56. The van der Waals surface area contributed by atoms with Crippen molar-refractivity contribution in [2.24, 2.45) is 5.92 Å². The number of aryl methyl sites for hydroxylation is 1. The predicted molar refractivity (Wildman–Crippen MR) is 81.7 cm³/mol. The third-order valence-electron chi connectivity index (χ3n) is 3.88. The Hall–Kier alpha value is -1.09. The summed E-state index contributed by atoms with van der Waals surface area (Å²) in [6.45, 7) is 15.8. The zero-order chi connectivity index (χ0) is 14.0.